The van der Waals surface area contributed by atoms with Crippen LogP contribution >= 0.6 is 0 Å². The molecule has 3 heteroatoms. The fourth-order valence-corrected chi connectivity index (χ4v) is 1.41. The van der Waals surface area contributed by atoms with Gasteiger partial charge in [0.05, 0.1) is 6.20 Å². The number of para-hydroxylation sites is 1. The molecule has 0 aliphatic carbocycles. The Morgan fingerprint density at radius 2 is 1.86 bits per heavy atom. The van der Waals surface area contributed by atoms with Crippen LogP contribution < -0.4 is 4.90 Å². The molecule has 0 aliphatic rings. The zero-order valence-electron chi connectivity index (χ0n) is 8.38. The van der Waals surface area contributed by atoms with E-state index in [2.05, 4.69) is 21.7 Å². The van der Waals surface area contributed by atoms with Crippen molar-refractivity contribution in [3.05, 3.63) is 42.9 Å². The van der Waals surface area contributed by atoms with E-state index in [1.807, 2.05) is 49.7 Å². The highest BCUT2D eigenvalue weighted by Gasteiger charge is 2.04. The molecule has 1 heterocycles. The van der Waals surface area contributed by atoms with Gasteiger partial charge in [-0.3, -0.25) is 4.57 Å². The predicted molar refractivity (Wildman–Crippen MR) is 57.9 cm³/mol. The Hall–Kier alpha value is -1.77. The van der Waals surface area contributed by atoms with Crippen molar-refractivity contribution < 1.29 is 0 Å². The molecule has 2 rings (SSSR count). The fraction of sp³-hybridized carbons (Fsp3) is 0.182. The molecule has 0 fully saturated rings. The first-order chi connectivity index (χ1) is 6.79. The average molecular weight is 187 g/mol. The first kappa shape index (κ1) is 8.81. The number of hydrogen-bond donors (Lipinski definition) is 0. The maximum absolute atomic E-state index is 4.14. The Morgan fingerprint density at radius 1 is 1.14 bits per heavy atom. The van der Waals surface area contributed by atoms with Gasteiger partial charge in [0.1, 0.15) is 12.1 Å². The van der Waals surface area contributed by atoms with Crippen LogP contribution in [0.3, 0.4) is 0 Å². The lowest BCUT2D eigenvalue weighted by molar-refractivity contribution is 0.981. The van der Waals surface area contributed by atoms with E-state index in [-0.39, 0.29) is 0 Å². The molecule has 0 amide bonds. The van der Waals surface area contributed by atoms with Crippen molar-refractivity contribution in [3.8, 4) is 5.69 Å². The van der Waals surface area contributed by atoms with Crippen LogP contribution in [0.15, 0.2) is 42.9 Å². The molecule has 1 aromatic carbocycles. The zero-order valence-corrected chi connectivity index (χ0v) is 8.38. The van der Waals surface area contributed by atoms with Crippen molar-refractivity contribution in [3.63, 3.8) is 0 Å². The molecule has 0 radical (unpaired) electrons. The molecule has 0 saturated carbocycles. The molecule has 0 N–H and O–H groups in total. The summed E-state index contributed by atoms with van der Waals surface area (Å²) in [6.07, 6.45) is 3.68. The van der Waals surface area contributed by atoms with E-state index in [9.17, 15) is 0 Å². The quantitative estimate of drug-likeness (QED) is 0.716. The Kier molecular flexibility index (Phi) is 2.23. The Bertz CT molecular complexity index is 403. The third-order valence-corrected chi connectivity index (χ3v) is 2.11. The van der Waals surface area contributed by atoms with Gasteiger partial charge in [0, 0.05) is 19.8 Å². The van der Waals surface area contributed by atoms with Crippen LogP contribution in [0, 0.1) is 0 Å². The Labute approximate surface area is 83.6 Å². The van der Waals surface area contributed by atoms with Crippen LogP contribution in [0.4, 0.5) is 5.82 Å². The summed E-state index contributed by atoms with van der Waals surface area (Å²) in [6.45, 7) is 0. The number of hydrogen-bond acceptors (Lipinski definition) is 2. The third kappa shape index (κ3) is 1.48. The van der Waals surface area contributed by atoms with Gasteiger partial charge in [-0.2, -0.15) is 0 Å². The minimum Gasteiger partial charge on any atom is -0.363 e. The van der Waals surface area contributed by atoms with E-state index in [0.29, 0.717) is 0 Å². The second kappa shape index (κ2) is 3.54. The lowest BCUT2D eigenvalue weighted by Crippen LogP contribution is -2.12. The van der Waals surface area contributed by atoms with Crippen LogP contribution in [-0.4, -0.2) is 23.6 Å². The highest BCUT2D eigenvalue weighted by atomic mass is 15.2. The second-order valence-corrected chi connectivity index (χ2v) is 3.35. The number of anilines is 1. The van der Waals surface area contributed by atoms with Gasteiger partial charge in [-0.15, -0.1) is 0 Å². The molecule has 1 aromatic heterocycles. The highest BCUT2D eigenvalue weighted by molar-refractivity contribution is 5.45. The average Bonchev–Trinajstić information content (AvgIpc) is 2.67. The van der Waals surface area contributed by atoms with E-state index in [4.69, 9.17) is 0 Å². The fourth-order valence-electron chi connectivity index (χ4n) is 1.41. The second-order valence-electron chi connectivity index (χ2n) is 3.35. The smallest absolute Gasteiger partial charge is 0.132 e. The summed E-state index contributed by atoms with van der Waals surface area (Å²) in [5, 5.41) is 0. The molecular formula is C11H13N3. The molecule has 0 aliphatic heterocycles. The van der Waals surface area contributed by atoms with Crippen molar-refractivity contribution >= 4 is 5.82 Å². The molecule has 0 saturated heterocycles. The number of nitrogens with zero attached hydrogens (tertiary/aromatic N) is 3. The predicted octanol–water partition coefficient (Wildman–Crippen LogP) is 1.94. The van der Waals surface area contributed by atoms with Gasteiger partial charge in [-0.25, -0.2) is 4.98 Å². The summed E-state index contributed by atoms with van der Waals surface area (Å²) in [5.74, 6) is 1.08. The van der Waals surface area contributed by atoms with E-state index >= 15 is 0 Å². The third-order valence-electron chi connectivity index (χ3n) is 2.11. The highest BCUT2D eigenvalue weighted by Crippen LogP contribution is 2.16. The van der Waals surface area contributed by atoms with E-state index in [0.717, 1.165) is 11.5 Å². The van der Waals surface area contributed by atoms with Gasteiger partial charge in [-0.05, 0) is 12.1 Å². The Morgan fingerprint density at radius 3 is 2.50 bits per heavy atom. The summed E-state index contributed by atoms with van der Waals surface area (Å²) >= 11 is 0. The van der Waals surface area contributed by atoms with Crippen LogP contribution in [-0.2, 0) is 0 Å². The monoisotopic (exact) mass is 187 g/mol. The van der Waals surface area contributed by atoms with Crippen LogP contribution in [0.5, 0.6) is 0 Å². The van der Waals surface area contributed by atoms with Gasteiger partial charge in [0.2, 0.25) is 0 Å². The van der Waals surface area contributed by atoms with Crippen LogP contribution in [0.25, 0.3) is 5.69 Å². The van der Waals surface area contributed by atoms with Gasteiger partial charge in [-0.1, -0.05) is 18.2 Å². The van der Waals surface area contributed by atoms with Crippen molar-refractivity contribution in [1.29, 1.82) is 0 Å². The molecule has 2 aromatic rings. The summed E-state index contributed by atoms with van der Waals surface area (Å²) in [5.41, 5.74) is 1.13. The molecule has 0 spiro atoms. The van der Waals surface area contributed by atoms with Crippen molar-refractivity contribution in [2.75, 3.05) is 19.0 Å². The number of imidazole rings is 1. The SMILES string of the molecule is CN(C)c1cncn1-c1ccccc1. The topological polar surface area (TPSA) is 21.1 Å². The number of aromatic nitrogens is 2. The van der Waals surface area contributed by atoms with Gasteiger partial charge < -0.3 is 4.90 Å². The molecule has 14 heavy (non-hydrogen) atoms. The summed E-state index contributed by atoms with van der Waals surface area (Å²) < 4.78 is 2.06. The summed E-state index contributed by atoms with van der Waals surface area (Å²) in [6, 6.07) is 10.2. The molecule has 0 atom stereocenters. The summed E-state index contributed by atoms with van der Waals surface area (Å²) in [4.78, 5) is 6.18. The molecular weight excluding hydrogens is 174 g/mol. The maximum Gasteiger partial charge on any atom is 0.132 e. The van der Waals surface area contributed by atoms with E-state index in [1.165, 1.54) is 0 Å². The van der Waals surface area contributed by atoms with Gasteiger partial charge in [0.15, 0.2) is 0 Å². The molecule has 0 bridgehead atoms. The van der Waals surface area contributed by atoms with E-state index in [1.54, 1.807) is 0 Å². The van der Waals surface area contributed by atoms with E-state index < -0.39 is 0 Å². The van der Waals surface area contributed by atoms with Crippen molar-refractivity contribution in [2.45, 2.75) is 0 Å². The molecule has 0 unspecified atom stereocenters. The minimum absolute atomic E-state index is 1.08. The largest absolute Gasteiger partial charge is 0.363 e. The zero-order chi connectivity index (χ0) is 9.97. The molecule has 72 valence electrons. The van der Waals surface area contributed by atoms with Crippen LogP contribution in [0.2, 0.25) is 0 Å². The number of rotatable bonds is 2. The number of benzene rings is 1. The first-order valence-electron chi connectivity index (χ1n) is 4.54. The molecule has 3 nitrogen and oxygen atoms in total. The van der Waals surface area contributed by atoms with Gasteiger partial charge >= 0.3 is 0 Å². The lowest BCUT2D eigenvalue weighted by Gasteiger charge is -2.14. The van der Waals surface area contributed by atoms with Gasteiger partial charge in [0.25, 0.3) is 0 Å². The minimum atomic E-state index is 1.08. The van der Waals surface area contributed by atoms with Crippen molar-refractivity contribution in [1.82, 2.24) is 9.55 Å². The van der Waals surface area contributed by atoms with Crippen LogP contribution in [0.1, 0.15) is 0 Å². The maximum atomic E-state index is 4.14. The Balaban J connectivity index is 2.47. The van der Waals surface area contributed by atoms with Crippen molar-refractivity contribution in [2.24, 2.45) is 0 Å². The first-order valence-corrected chi connectivity index (χ1v) is 4.54. The summed E-state index contributed by atoms with van der Waals surface area (Å²) in [7, 11) is 4.02. The standard InChI is InChI=1S/C11H13N3/c1-13(2)11-8-12-9-14(11)10-6-4-3-5-7-10/h3-9H,1-2H3. The lowest BCUT2D eigenvalue weighted by atomic mass is 10.3. The normalized spacial score (nSPS) is 10.1.